The van der Waals surface area contributed by atoms with Crippen LogP contribution in [0.15, 0.2) is 58.3 Å². The molecule has 3 aromatic rings. The summed E-state index contributed by atoms with van der Waals surface area (Å²) >= 11 is 1.47. The molecule has 1 atom stereocenters. The third-order valence-electron chi connectivity index (χ3n) is 8.08. The lowest BCUT2D eigenvalue weighted by atomic mass is 9.89. The number of hydrogen-bond acceptors (Lipinski definition) is 14. The Morgan fingerprint density at radius 3 is 2.28 bits per heavy atom. The smallest absolute Gasteiger partial charge is 0.336 e. The summed E-state index contributed by atoms with van der Waals surface area (Å²) in [6.07, 6.45) is 2.83. The maximum atomic E-state index is 12.0. The van der Waals surface area contributed by atoms with Crippen LogP contribution in [0.25, 0.3) is 12.2 Å². The van der Waals surface area contributed by atoms with Crippen molar-refractivity contribution in [3.05, 3.63) is 75.7 Å². The van der Waals surface area contributed by atoms with Crippen LogP contribution in [-0.4, -0.2) is 90.3 Å². The second kappa shape index (κ2) is 16.9. The van der Waals surface area contributed by atoms with Gasteiger partial charge in [-0.1, -0.05) is 30.8 Å². The lowest BCUT2D eigenvalue weighted by molar-refractivity contribution is -0.138. The summed E-state index contributed by atoms with van der Waals surface area (Å²) in [7, 11) is -10.4. The number of unbranched alkanes of at least 4 members (excludes halogenated alkanes) is 2. The minimum atomic E-state index is -5.24. The Morgan fingerprint density at radius 2 is 1.66 bits per heavy atom. The summed E-state index contributed by atoms with van der Waals surface area (Å²) in [6.45, 7) is 6.65. The van der Waals surface area contributed by atoms with Crippen molar-refractivity contribution in [3.63, 3.8) is 0 Å². The molecule has 0 aliphatic carbocycles. The van der Waals surface area contributed by atoms with Gasteiger partial charge >= 0.3 is 5.97 Å². The Labute approximate surface area is 309 Å². The number of carbonyl (C=O) groups excluding carboxylic acids is 3. The van der Waals surface area contributed by atoms with E-state index in [1.165, 1.54) is 66.1 Å². The van der Waals surface area contributed by atoms with Crippen molar-refractivity contribution >= 4 is 73.5 Å². The van der Waals surface area contributed by atoms with E-state index in [0.717, 1.165) is 25.3 Å². The van der Waals surface area contributed by atoms with Crippen LogP contribution in [0.5, 0.6) is 11.5 Å². The highest BCUT2D eigenvalue weighted by molar-refractivity contribution is 8.00. The Morgan fingerprint density at radius 1 is 0.981 bits per heavy atom. The maximum Gasteiger partial charge on any atom is 0.336 e. The number of anilines is 1. The number of carbonyl (C=O) groups is 4. The molecule has 2 heterocycles. The van der Waals surface area contributed by atoms with E-state index in [1.807, 2.05) is 0 Å². The Bertz CT molecular complexity index is 2300. The molecule has 0 aromatic heterocycles. The zero-order valence-electron chi connectivity index (χ0n) is 28.3. The van der Waals surface area contributed by atoms with E-state index in [4.69, 9.17) is 16.2 Å². The minimum Gasteiger partial charge on any atom is -0.744 e. The lowest BCUT2D eigenvalue weighted by Gasteiger charge is -2.27. The number of carboxylic acids is 1. The number of thioether (sulfide) groups is 1. The molecule has 3 amide bonds. The molecule has 1 fully saturated rings. The Hall–Kier alpha value is -4.79. The number of likely N-dealkylation sites (tertiary alicyclic amines) is 1. The molecule has 2 aliphatic heterocycles. The molecular weight excluding hydrogens is 753 g/mol. The molecule has 5 rings (SSSR count). The van der Waals surface area contributed by atoms with Gasteiger partial charge in [0.1, 0.15) is 30.0 Å². The van der Waals surface area contributed by atoms with Gasteiger partial charge in [0.25, 0.3) is 0 Å². The fourth-order valence-corrected chi connectivity index (χ4v) is 8.25. The molecule has 2 aliphatic rings. The number of nitrogens with two attached hydrogens (primary N) is 2. The van der Waals surface area contributed by atoms with Crippen molar-refractivity contribution in [2.24, 2.45) is 5.73 Å². The summed E-state index contributed by atoms with van der Waals surface area (Å²) < 4.78 is 77.6. The first-order valence-electron chi connectivity index (χ1n) is 16.0. The Kier molecular flexibility index (Phi) is 13.1. The van der Waals surface area contributed by atoms with E-state index in [2.05, 4.69) is 11.9 Å². The molecule has 0 bridgehead atoms. The molecule has 284 valence electrons. The maximum absolute atomic E-state index is 12.0. The number of nitrogen functional groups attached to an aromatic ring is 1. The van der Waals surface area contributed by atoms with Gasteiger partial charge in [-0.15, -0.1) is 11.8 Å². The number of fused-ring (bicyclic) bond motifs is 2. The summed E-state index contributed by atoms with van der Waals surface area (Å²) in [4.78, 5) is 45.9. The first-order valence-corrected chi connectivity index (χ1v) is 19.9. The molecule has 19 heteroatoms. The van der Waals surface area contributed by atoms with Gasteiger partial charge in [0.05, 0.1) is 16.5 Å². The van der Waals surface area contributed by atoms with Crippen molar-refractivity contribution in [3.8, 4) is 11.5 Å². The summed E-state index contributed by atoms with van der Waals surface area (Å²) in [5.41, 5.74) is 10.5. The predicted octanol–water partition coefficient (Wildman–Crippen LogP) is 0.651. The van der Waals surface area contributed by atoms with Gasteiger partial charge in [-0.05, 0) is 54.3 Å². The highest BCUT2D eigenvalue weighted by atomic mass is 32.2. The fourth-order valence-electron chi connectivity index (χ4n) is 5.80. The van der Waals surface area contributed by atoms with E-state index in [1.54, 1.807) is 0 Å². The average molecular weight is 789 g/mol. The van der Waals surface area contributed by atoms with Crippen LogP contribution < -0.4 is 32.0 Å². The van der Waals surface area contributed by atoms with Crippen LogP contribution in [0.1, 0.15) is 54.1 Å². The molecule has 0 radical (unpaired) electrons. The topological polar surface area (TPSA) is 279 Å². The number of rotatable bonds is 13. The molecule has 6 N–H and O–H groups in total. The first kappa shape index (κ1) is 41.0. The van der Waals surface area contributed by atoms with E-state index >= 15 is 0 Å². The first-order chi connectivity index (χ1) is 24.9. The van der Waals surface area contributed by atoms with Gasteiger partial charge in [0, 0.05) is 55.1 Å². The quantitative estimate of drug-likeness (QED) is 0.0626. The van der Waals surface area contributed by atoms with Gasteiger partial charge < -0.3 is 35.7 Å². The van der Waals surface area contributed by atoms with E-state index in [9.17, 15) is 50.2 Å². The van der Waals surface area contributed by atoms with Gasteiger partial charge in [-0.25, -0.2) is 21.6 Å². The van der Waals surface area contributed by atoms with Crippen LogP contribution in [-0.2, 0) is 34.6 Å². The third kappa shape index (κ3) is 9.42. The van der Waals surface area contributed by atoms with Crippen molar-refractivity contribution in [1.29, 1.82) is 0 Å². The summed E-state index contributed by atoms with van der Waals surface area (Å²) in [5, 5.41) is 11.9. The molecule has 1 unspecified atom stereocenters. The number of imide groups is 1. The number of ether oxygens (including phenoxy) is 1. The number of nitrogens with one attached hydrogen (secondary N) is 1. The standard InChI is InChI=1S/C21H15NO9S2.C13H23N3O3S/c1-10-6-7-13-16(11-4-2-3-5-12(11)21(23)24)14-8-9-15(22)20(33(28,29)30)18(14)31-17(13)19(10)32(25,26)27;1-10(17)15-6-3-2-4-7-16-12(18)9-11(13(16)19)20-8-5-14/h2-9H,1,22H2,(H,23,24)(H,25,26,27)(H,28,29,30);11H,2-9,14H2,1H3,(H,15,17)/p-2. The number of nitrogens with zero attached hydrogens (tertiary/aromatic N) is 1. The zero-order valence-corrected chi connectivity index (χ0v) is 30.8. The highest BCUT2D eigenvalue weighted by Crippen LogP contribution is 2.44. The van der Waals surface area contributed by atoms with Crippen molar-refractivity contribution in [1.82, 2.24) is 10.2 Å². The van der Waals surface area contributed by atoms with Crippen molar-refractivity contribution in [2.75, 3.05) is 31.1 Å². The zero-order chi connectivity index (χ0) is 39.2. The summed E-state index contributed by atoms with van der Waals surface area (Å²) in [5.74, 6) is -2.02. The fraction of sp³-hybridized carbons (Fsp3) is 0.294. The second-order valence-corrected chi connectivity index (χ2v) is 15.8. The normalized spacial score (nSPS) is 15.2. The van der Waals surface area contributed by atoms with Crippen LogP contribution in [0.3, 0.4) is 0 Å². The van der Waals surface area contributed by atoms with E-state index in [-0.39, 0.29) is 55.7 Å². The number of hydrogen-bond donors (Lipinski definition) is 4. The summed E-state index contributed by atoms with van der Waals surface area (Å²) in [6, 6.07) is 10.7. The van der Waals surface area contributed by atoms with Crippen LogP contribution in [0.4, 0.5) is 5.69 Å². The number of aromatic carboxylic acids is 1. The van der Waals surface area contributed by atoms with Gasteiger partial charge in [0.15, 0.2) is 11.5 Å². The van der Waals surface area contributed by atoms with Crippen molar-refractivity contribution < 1.29 is 55.0 Å². The molecule has 3 aromatic carbocycles. The highest BCUT2D eigenvalue weighted by Gasteiger charge is 2.38. The molecule has 16 nitrogen and oxygen atoms in total. The Balaban J connectivity index is 0.000000269. The molecule has 1 saturated heterocycles. The molecule has 0 saturated carbocycles. The van der Waals surface area contributed by atoms with Gasteiger partial charge in [-0.2, -0.15) is 0 Å². The monoisotopic (exact) mass is 788 g/mol. The third-order valence-corrected chi connectivity index (χ3v) is 11.2. The van der Waals surface area contributed by atoms with Gasteiger partial charge in [0.2, 0.25) is 17.7 Å². The predicted molar refractivity (Wildman–Crippen MR) is 192 cm³/mol. The van der Waals surface area contributed by atoms with Crippen LogP contribution in [0, 0.1) is 0 Å². The van der Waals surface area contributed by atoms with Crippen molar-refractivity contribution in [2.45, 2.75) is 47.6 Å². The SMILES string of the molecule is C=c1ccc2c(c1S(=O)(=O)[O-])Oc1c(ccc(N)c1S(=O)(=O)[O-])C=2c1ccccc1C(=O)O.CC(=O)NCCCCCN1C(=O)CC(SCCN)C1=O. The minimum absolute atomic E-state index is 0.0166. The van der Waals surface area contributed by atoms with E-state index in [0.29, 0.717) is 31.8 Å². The lowest BCUT2D eigenvalue weighted by Crippen LogP contribution is -2.32. The largest absolute Gasteiger partial charge is 0.744 e. The molecular formula is C34H36N4O12S3-2. The second-order valence-electron chi connectivity index (χ2n) is 11.8. The van der Waals surface area contributed by atoms with Gasteiger partial charge in [-0.3, -0.25) is 19.3 Å². The van der Waals surface area contributed by atoms with Crippen LogP contribution in [0.2, 0.25) is 0 Å². The average Bonchev–Trinajstić information content (AvgIpc) is 3.34. The number of benzene rings is 3. The molecule has 0 spiro atoms. The van der Waals surface area contributed by atoms with Crippen LogP contribution >= 0.6 is 11.8 Å². The number of carboxylic acid groups (broad SMARTS) is 1. The number of amides is 3. The molecule has 53 heavy (non-hydrogen) atoms. The van der Waals surface area contributed by atoms with E-state index < -0.39 is 53.2 Å².